The summed E-state index contributed by atoms with van der Waals surface area (Å²) in [4.78, 5) is 0. The van der Waals surface area contributed by atoms with Crippen molar-refractivity contribution in [2.24, 2.45) is 5.92 Å². The Labute approximate surface area is 138 Å². The zero-order valence-corrected chi connectivity index (χ0v) is 13.7. The van der Waals surface area contributed by atoms with Crippen molar-refractivity contribution in [3.63, 3.8) is 0 Å². The summed E-state index contributed by atoms with van der Waals surface area (Å²) in [7, 11) is 0. The van der Waals surface area contributed by atoms with Crippen LogP contribution in [0.1, 0.15) is 29.5 Å². The van der Waals surface area contributed by atoms with E-state index in [1.54, 1.807) is 0 Å². The van der Waals surface area contributed by atoms with Crippen molar-refractivity contribution < 1.29 is 0 Å². The molecule has 0 amide bonds. The van der Waals surface area contributed by atoms with Gasteiger partial charge in [-0.3, -0.25) is 0 Å². The van der Waals surface area contributed by atoms with Gasteiger partial charge in [-0.1, -0.05) is 57.9 Å². The topological polar surface area (TPSA) is 12.0 Å². The molecule has 2 aromatic carbocycles. The van der Waals surface area contributed by atoms with Crippen molar-refractivity contribution in [1.29, 1.82) is 0 Å². The van der Waals surface area contributed by atoms with E-state index in [1.807, 2.05) is 12.1 Å². The molecule has 1 heterocycles. The Morgan fingerprint density at radius 1 is 1.10 bits per heavy atom. The van der Waals surface area contributed by atoms with E-state index < -0.39 is 0 Å². The van der Waals surface area contributed by atoms with Crippen molar-refractivity contribution >= 4 is 33.2 Å². The second kappa shape index (κ2) is 5.19. The monoisotopic (exact) mass is 359 g/mol. The van der Waals surface area contributed by atoms with Crippen molar-refractivity contribution in [2.45, 2.75) is 18.4 Å². The number of anilines is 1. The fourth-order valence-electron chi connectivity index (χ4n) is 3.60. The quantitative estimate of drug-likeness (QED) is 0.622. The Morgan fingerprint density at radius 2 is 1.95 bits per heavy atom. The van der Waals surface area contributed by atoms with E-state index in [0.29, 0.717) is 11.8 Å². The molecule has 0 spiro atoms. The van der Waals surface area contributed by atoms with E-state index >= 15 is 0 Å². The van der Waals surface area contributed by atoms with E-state index in [1.165, 1.54) is 16.8 Å². The van der Waals surface area contributed by atoms with Gasteiger partial charge in [0.15, 0.2) is 0 Å². The molecule has 3 heteroatoms. The molecule has 106 valence electrons. The predicted molar refractivity (Wildman–Crippen MR) is 91.9 cm³/mol. The number of fused-ring (bicyclic) bond motifs is 3. The van der Waals surface area contributed by atoms with Crippen molar-refractivity contribution in [3.8, 4) is 0 Å². The SMILES string of the molecule is Clc1ccccc1[C@@H]1Nc2ccc(Br)cc2[C@@H]2C=CC[C@H]21. The molecule has 0 saturated heterocycles. The van der Waals surface area contributed by atoms with E-state index in [0.717, 1.165) is 15.9 Å². The van der Waals surface area contributed by atoms with Crippen LogP contribution in [-0.4, -0.2) is 0 Å². The number of nitrogens with one attached hydrogen (secondary N) is 1. The number of benzene rings is 2. The summed E-state index contributed by atoms with van der Waals surface area (Å²) in [5.74, 6) is 1.01. The number of allylic oxidation sites excluding steroid dienone is 2. The van der Waals surface area contributed by atoms with Crippen molar-refractivity contribution in [3.05, 3.63) is 75.2 Å². The van der Waals surface area contributed by atoms with Gasteiger partial charge in [-0.15, -0.1) is 0 Å². The molecule has 0 fully saturated rings. The van der Waals surface area contributed by atoms with Crippen LogP contribution in [0.25, 0.3) is 0 Å². The summed E-state index contributed by atoms with van der Waals surface area (Å²) < 4.78 is 1.14. The van der Waals surface area contributed by atoms with Crippen LogP contribution in [0.5, 0.6) is 0 Å². The molecule has 2 aliphatic rings. The fourth-order valence-corrected chi connectivity index (χ4v) is 4.23. The van der Waals surface area contributed by atoms with Crippen LogP contribution in [0.2, 0.25) is 5.02 Å². The average Bonchev–Trinajstić information content (AvgIpc) is 2.97. The van der Waals surface area contributed by atoms with Gasteiger partial charge >= 0.3 is 0 Å². The molecule has 4 rings (SSSR count). The normalized spacial score (nSPS) is 26.1. The van der Waals surface area contributed by atoms with Crippen LogP contribution in [-0.2, 0) is 0 Å². The Hall–Kier alpha value is -1.25. The minimum Gasteiger partial charge on any atom is -0.378 e. The lowest BCUT2D eigenvalue weighted by atomic mass is 9.77. The zero-order chi connectivity index (χ0) is 14.4. The van der Waals surface area contributed by atoms with E-state index in [4.69, 9.17) is 11.6 Å². The maximum Gasteiger partial charge on any atom is 0.0568 e. The Kier molecular flexibility index (Phi) is 3.31. The maximum absolute atomic E-state index is 6.43. The molecule has 21 heavy (non-hydrogen) atoms. The highest BCUT2D eigenvalue weighted by Crippen LogP contribution is 2.51. The highest BCUT2D eigenvalue weighted by atomic mass is 79.9. The van der Waals surface area contributed by atoms with Crippen LogP contribution in [0.4, 0.5) is 5.69 Å². The average molecular weight is 361 g/mol. The molecule has 1 aliphatic carbocycles. The Bertz CT molecular complexity index is 725. The minimum absolute atomic E-state index is 0.271. The molecule has 0 radical (unpaired) electrons. The number of halogens is 2. The first-order valence-corrected chi connectivity index (χ1v) is 8.38. The predicted octanol–water partition coefficient (Wildman–Crippen LogP) is 5.93. The fraction of sp³-hybridized carbons (Fsp3) is 0.222. The molecule has 0 unspecified atom stereocenters. The number of rotatable bonds is 1. The largest absolute Gasteiger partial charge is 0.378 e. The first-order valence-electron chi connectivity index (χ1n) is 7.21. The van der Waals surface area contributed by atoms with Gasteiger partial charge in [0.2, 0.25) is 0 Å². The summed E-state index contributed by atoms with van der Waals surface area (Å²) in [6.07, 6.45) is 5.75. The van der Waals surface area contributed by atoms with E-state index in [9.17, 15) is 0 Å². The lowest BCUT2D eigenvalue weighted by Crippen LogP contribution is -2.29. The molecule has 1 aliphatic heterocycles. The van der Waals surface area contributed by atoms with Gasteiger partial charge in [0, 0.05) is 21.1 Å². The Balaban J connectivity index is 1.82. The molecule has 1 N–H and O–H groups in total. The van der Waals surface area contributed by atoms with Gasteiger partial charge in [-0.05, 0) is 47.7 Å². The summed E-state index contributed by atoms with van der Waals surface area (Å²) in [5, 5.41) is 4.56. The molecule has 3 atom stereocenters. The molecule has 2 aromatic rings. The molecular weight excluding hydrogens is 346 g/mol. The lowest BCUT2D eigenvalue weighted by Gasteiger charge is -2.38. The summed E-state index contributed by atoms with van der Waals surface area (Å²) in [5.41, 5.74) is 3.80. The molecule has 0 saturated carbocycles. The van der Waals surface area contributed by atoms with Gasteiger partial charge in [0.1, 0.15) is 0 Å². The first kappa shape index (κ1) is 13.4. The van der Waals surface area contributed by atoms with Gasteiger partial charge in [0.25, 0.3) is 0 Å². The number of hydrogen-bond donors (Lipinski definition) is 1. The van der Waals surface area contributed by atoms with Crippen molar-refractivity contribution in [2.75, 3.05) is 5.32 Å². The highest BCUT2D eigenvalue weighted by Gasteiger charge is 2.38. The van der Waals surface area contributed by atoms with Gasteiger partial charge in [0.05, 0.1) is 6.04 Å². The second-order valence-electron chi connectivity index (χ2n) is 5.73. The summed E-state index contributed by atoms with van der Waals surface area (Å²) in [6.45, 7) is 0. The van der Waals surface area contributed by atoms with Crippen LogP contribution >= 0.6 is 27.5 Å². The lowest BCUT2D eigenvalue weighted by molar-refractivity contribution is 0.425. The van der Waals surface area contributed by atoms with Gasteiger partial charge < -0.3 is 5.32 Å². The second-order valence-corrected chi connectivity index (χ2v) is 7.05. The standard InChI is InChI=1S/C18H15BrClN/c19-11-8-9-17-15(10-11)12-5-3-6-13(12)18(21-17)14-4-1-2-7-16(14)20/h1-5,7-10,12-13,18,21H,6H2/t12-,13-,18-/m1/s1. The summed E-state index contributed by atoms with van der Waals surface area (Å²) in [6, 6.07) is 14.9. The summed E-state index contributed by atoms with van der Waals surface area (Å²) >= 11 is 10.0. The van der Waals surface area contributed by atoms with Gasteiger partial charge in [-0.2, -0.15) is 0 Å². The maximum atomic E-state index is 6.43. The van der Waals surface area contributed by atoms with Crippen LogP contribution in [0, 0.1) is 5.92 Å². The van der Waals surface area contributed by atoms with Crippen molar-refractivity contribution in [1.82, 2.24) is 0 Å². The van der Waals surface area contributed by atoms with Gasteiger partial charge in [-0.25, -0.2) is 0 Å². The van der Waals surface area contributed by atoms with Crippen LogP contribution in [0.15, 0.2) is 59.1 Å². The third kappa shape index (κ3) is 2.21. The van der Waals surface area contributed by atoms with E-state index in [2.05, 4.69) is 63.7 Å². The third-order valence-electron chi connectivity index (χ3n) is 4.57. The zero-order valence-electron chi connectivity index (χ0n) is 11.4. The smallest absolute Gasteiger partial charge is 0.0568 e. The molecule has 0 bridgehead atoms. The number of hydrogen-bond acceptors (Lipinski definition) is 1. The molecular formula is C18H15BrClN. The van der Waals surface area contributed by atoms with Crippen LogP contribution in [0.3, 0.4) is 0 Å². The first-order chi connectivity index (χ1) is 10.2. The molecule has 1 nitrogen and oxygen atoms in total. The highest BCUT2D eigenvalue weighted by molar-refractivity contribution is 9.10. The molecule has 0 aromatic heterocycles. The Morgan fingerprint density at radius 3 is 2.81 bits per heavy atom. The third-order valence-corrected chi connectivity index (χ3v) is 5.40. The minimum atomic E-state index is 0.271. The van der Waals surface area contributed by atoms with E-state index in [-0.39, 0.29) is 6.04 Å². The van der Waals surface area contributed by atoms with Crippen LogP contribution < -0.4 is 5.32 Å².